The second-order valence-electron chi connectivity index (χ2n) is 11.0. The third-order valence-corrected chi connectivity index (χ3v) is 10.9. The molecule has 2 N–H and O–H groups in total. The fourth-order valence-corrected chi connectivity index (χ4v) is 7.72. The van der Waals surface area contributed by atoms with E-state index in [9.17, 15) is 39.5 Å². The topological polar surface area (TPSA) is 206 Å². The maximum atomic E-state index is 13.2. The standard InChI is InChI=1S/C30H31N3O9S3.2Na/c1-18-8-11-23(12-9-18)43(35,36)33-26-17-24(44(37,38)39)15-22-16-27(45(40,41)42)29(30(34)28(22)26)32-31-25-13-10-21(14-19(25)2)20-6-4-3-5-7-20;;/h8-17,20,33-34H,3-7H2,1-2H3,(H,37,38,39)(H,40,41,42);;/q;2*+1/p-2. The zero-order chi connectivity index (χ0) is 32.7. The van der Waals surface area contributed by atoms with Crippen molar-refractivity contribution in [3.05, 3.63) is 77.4 Å². The van der Waals surface area contributed by atoms with E-state index in [1.807, 2.05) is 12.1 Å². The second kappa shape index (κ2) is 15.3. The average Bonchev–Trinajstić information content (AvgIpc) is 2.96. The van der Waals surface area contributed by atoms with Crippen LogP contribution in [-0.4, -0.2) is 39.5 Å². The number of azo groups is 1. The van der Waals surface area contributed by atoms with Crippen LogP contribution in [0, 0.1) is 13.8 Å². The number of sulfonamides is 1. The number of nitrogens with zero attached hydrogens (tertiary/aromatic N) is 2. The van der Waals surface area contributed by atoms with Crippen LogP contribution >= 0.6 is 0 Å². The molecule has 0 heterocycles. The van der Waals surface area contributed by atoms with Crippen LogP contribution in [-0.2, 0) is 30.3 Å². The Labute approximate surface area is 318 Å². The minimum absolute atomic E-state index is 0. The van der Waals surface area contributed by atoms with Crippen LogP contribution in [0.5, 0.6) is 5.75 Å². The van der Waals surface area contributed by atoms with Crippen LogP contribution in [0.4, 0.5) is 17.1 Å². The predicted octanol–water partition coefficient (Wildman–Crippen LogP) is 0.242. The van der Waals surface area contributed by atoms with Gasteiger partial charge in [0.15, 0.2) is 5.75 Å². The van der Waals surface area contributed by atoms with E-state index in [1.54, 1.807) is 19.9 Å². The molecule has 238 valence electrons. The molecule has 0 radical (unpaired) electrons. The average molecular weight is 718 g/mol. The normalized spacial score (nSPS) is 14.5. The molecule has 47 heavy (non-hydrogen) atoms. The SMILES string of the molecule is Cc1ccc(S(=O)(=O)Nc2cc(S(=O)(=O)[O-])cc3cc(S(=O)(=O)[O-])c(N=Nc4ccc(C5CCCCC5)cc4C)c(O)c23)cc1.[Na+].[Na+]. The Morgan fingerprint density at radius 3 is 1.98 bits per heavy atom. The predicted molar refractivity (Wildman–Crippen MR) is 165 cm³/mol. The fraction of sp³-hybridized carbons (Fsp3) is 0.267. The van der Waals surface area contributed by atoms with Gasteiger partial charge in [0.25, 0.3) is 10.0 Å². The number of nitrogens with one attached hydrogen (secondary N) is 1. The van der Waals surface area contributed by atoms with Crippen molar-refractivity contribution in [3.8, 4) is 5.75 Å². The first kappa shape index (κ1) is 39.5. The Morgan fingerprint density at radius 2 is 1.40 bits per heavy atom. The van der Waals surface area contributed by atoms with Crippen LogP contribution < -0.4 is 63.8 Å². The summed E-state index contributed by atoms with van der Waals surface area (Å²) < 4.78 is 101. The van der Waals surface area contributed by atoms with Crippen molar-refractivity contribution in [2.45, 2.75) is 66.6 Å². The smallest absolute Gasteiger partial charge is 0.744 e. The molecular weight excluding hydrogens is 689 g/mol. The summed E-state index contributed by atoms with van der Waals surface area (Å²) in [6.45, 7) is 3.53. The van der Waals surface area contributed by atoms with E-state index in [1.165, 1.54) is 30.7 Å². The van der Waals surface area contributed by atoms with Gasteiger partial charge in [-0.25, -0.2) is 25.3 Å². The summed E-state index contributed by atoms with van der Waals surface area (Å²) in [6.07, 6.45) is 5.63. The molecule has 0 aliphatic heterocycles. The number of phenols is 1. The van der Waals surface area contributed by atoms with E-state index < -0.39 is 67.9 Å². The van der Waals surface area contributed by atoms with Gasteiger partial charge in [0.05, 0.1) is 31.4 Å². The number of aryl methyl sites for hydroxylation is 2. The van der Waals surface area contributed by atoms with E-state index in [0.717, 1.165) is 42.9 Å². The van der Waals surface area contributed by atoms with Gasteiger partial charge in [-0.15, -0.1) is 5.11 Å². The summed E-state index contributed by atoms with van der Waals surface area (Å²) in [6, 6.07) is 13.3. The zero-order valence-electron chi connectivity index (χ0n) is 26.2. The molecule has 0 spiro atoms. The Hall–Kier alpha value is -1.89. The number of rotatable bonds is 8. The maximum absolute atomic E-state index is 13.2. The molecule has 0 bridgehead atoms. The first-order valence-corrected chi connectivity index (χ1v) is 18.2. The molecule has 1 saturated carbocycles. The van der Waals surface area contributed by atoms with Crippen molar-refractivity contribution < 1.29 is 98.6 Å². The molecule has 17 heteroatoms. The van der Waals surface area contributed by atoms with Gasteiger partial charge >= 0.3 is 59.1 Å². The van der Waals surface area contributed by atoms with E-state index in [-0.39, 0.29) is 64.0 Å². The molecule has 0 unspecified atom stereocenters. The first-order valence-electron chi connectivity index (χ1n) is 13.9. The van der Waals surface area contributed by atoms with Crippen LogP contribution in [0.1, 0.15) is 54.7 Å². The minimum Gasteiger partial charge on any atom is -0.744 e. The van der Waals surface area contributed by atoms with E-state index in [0.29, 0.717) is 29.3 Å². The summed E-state index contributed by atoms with van der Waals surface area (Å²) in [7, 11) is -15.0. The van der Waals surface area contributed by atoms with Gasteiger partial charge < -0.3 is 14.2 Å². The van der Waals surface area contributed by atoms with Gasteiger partial charge in [0.1, 0.15) is 25.9 Å². The van der Waals surface area contributed by atoms with Gasteiger partial charge in [-0.05, 0) is 85.5 Å². The Balaban J connectivity index is 0.00000300. The summed E-state index contributed by atoms with van der Waals surface area (Å²) in [5, 5.41) is 18.5. The van der Waals surface area contributed by atoms with Crippen molar-refractivity contribution in [3.63, 3.8) is 0 Å². The number of phenolic OH excluding ortho intramolecular Hbond substituents is 1. The monoisotopic (exact) mass is 717 g/mol. The Kier molecular flexibility index (Phi) is 12.9. The summed E-state index contributed by atoms with van der Waals surface area (Å²) in [4.78, 5) is -2.21. The number of hydrogen-bond donors (Lipinski definition) is 2. The number of aromatic hydroxyl groups is 1. The molecule has 4 aromatic rings. The number of hydrogen-bond acceptors (Lipinski definition) is 11. The van der Waals surface area contributed by atoms with E-state index in [4.69, 9.17) is 0 Å². The summed E-state index contributed by atoms with van der Waals surface area (Å²) >= 11 is 0. The largest absolute Gasteiger partial charge is 1.00 e. The van der Waals surface area contributed by atoms with E-state index in [2.05, 4.69) is 15.0 Å². The van der Waals surface area contributed by atoms with Crippen LogP contribution in [0.25, 0.3) is 10.8 Å². The van der Waals surface area contributed by atoms with Crippen molar-refractivity contribution >= 4 is 58.1 Å². The molecule has 0 saturated heterocycles. The third kappa shape index (κ3) is 9.02. The number of fused-ring (bicyclic) bond motifs is 1. The van der Waals surface area contributed by atoms with Crippen molar-refractivity contribution in [1.29, 1.82) is 0 Å². The quantitative estimate of drug-likeness (QED) is 0.145. The third-order valence-electron chi connectivity index (χ3n) is 7.81. The van der Waals surface area contributed by atoms with Gasteiger partial charge in [-0.3, -0.25) is 4.72 Å². The van der Waals surface area contributed by atoms with Crippen molar-refractivity contribution in [2.24, 2.45) is 10.2 Å². The number of anilines is 1. The molecule has 5 rings (SSSR count). The number of benzene rings is 4. The van der Waals surface area contributed by atoms with Crippen LogP contribution in [0.15, 0.2) is 85.6 Å². The van der Waals surface area contributed by atoms with Gasteiger partial charge in [-0.2, -0.15) is 5.11 Å². The summed E-state index contributed by atoms with van der Waals surface area (Å²) in [5.74, 6) is -0.561. The molecule has 0 amide bonds. The van der Waals surface area contributed by atoms with Gasteiger partial charge in [-0.1, -0.05) is 49.1 Å². The van der Waals surface area contributed by atoms with Crippen LogP contribution in [0.2, 0.25) is 0 Å². The molecule has 12 nitrogen and oxygen atoms in total. The van der Waals surface area contributed by atoms with E-state index >= 15 is 0 Å². The minimum atomic E-state index is -5.36. The molecule has 0 atom stereocenters. The molecule has 4 aromatic carbocycles. The maximum Gasteiger partial charge on any atom is 1.00 e. The van der Waals surface area contributed by atoms with Crippen LogP contribution in [0.3, 0.4) is 0 Å². The Morgan fingerprint density at radius 1 is 0.766 bits per heavy atom. The summed E-state index contributed by atoms with van der Waals surface area (Å²) in [5.41, 5.74) is 1.58. The first-order chi connectivity index (χ1) is 21.0. The van der Waals surface area contributed by atoms with Crippen molar-refractivity contribution in [2.75, 3.05) is 4.72 Å². The molecule has 1 fully saturated rings. The van der Waals surface area contributed by atoms with Gasteiger partial charge in [0, 0.05) is 0 Å². The molecule has 0 aromatic heterocycles. The zero-order valence-corrected chi connectivity index (χ0v) is 32.7. The molecular formula is C30H29N3Na2O9S3. The molecule has 1 aliphatic carbocycles. The van der Waals surface area contributed by atoms with Crippen molar-refractivity contribution in [1.82, 2.24) is 0 Å². The fourth-order valence-electron chi connectivity index (χ4n) is 5.48. The van der Waals surface area contributed by atoms with Gasteiger partial charge in [0.2, 0.25) is 0 Å². The Bertz CT molecular complexity index is 2170. The second-order valence-corrected chi connectivity index (χ2v) is 15.5. The molecule has 1 aliphatic rings.